The number of benzene rings is 6. The number of ether oxygens (including phenoxy) is 1. The first-order chi connectivity index (χ1) is 22.1. The van der Waals surface area contributed by atoms with Crippen LogP contribution in [-0.2, 0) is 10.8 Å². The van der Waals surface area contributed by atoms with Crippen LogP contribution >= 0.6 is 0 Å². The number of nitrogens with zero attached hydrogens (tertiary/aromatic N) is 2. The minimum atomic E-state index is -0.0199. The Balaban J connectivity index is 1.46. The van der Waals surface area contributed by atoms with Gasteiger partial charge in [0, 0.05) is 22.0 Å². The molecule has 1 aromatic heterocycles. The van der Waals surface area contributed by atoms with Crippen LogP contribution in [0.4, 0.5) is 11.4 Å². The van der Waals surface area contributed by atoms with Gasteiger partial charge in [-0.2, -0.15) is 0 Å². The Hall–Kier alpha value is -4.96. The summed E-state index contributed by atoms with van der Waals surface area (Å²) in [5.74, 6) is 1.82. The summed E-state index contributed by atoms with van der Waals surface area (Å²) in [6.45, 7) is 14.0. The monoisotopic (exact) mass is 594 g/mol. The standard InChI is InChI=1S/C42H35BN2O/c1-41(2,3)25-18-19-32-29(21-25)30-22-26(42(4,5)6)23-31-39(30)44(32)34-20-24-12-7-8-13-27(24)37-28-14-11-17-36-40(28)45(43(31)38(34)37)33-15-9-10-16-35(33)46-36/h7-23H,1-6H3. The Bertz CT molecular complexity index is 2490. The van der Waals surface area contributed by atoms with E-state index in [0.717, 1.165) is 22.9 Å². The molecule has 0 atom stereocenters. The van der Waals surface area contributed by atoms with Crippen LogP contribution in [0, 0.1) is 0 Å². The van der Waals surface area contributed by atoms with Gasteiger partial charge in [-0.3, -0.25) is 0 Å². The van der Waals surface area contributed by atoms with Crippen LogP contribution in [0.2, 0.25) is 0 Å². The Kier molecular flexibility index (Phi) is 4.82. The molecule has 3 aliphatic heterocycles. The predicted octanol–water partition coefficient (Wildman–Crippen LogP) is 9.88. The van der Waals surface area contributed by atoms with Crippen LogP contribution in [-0.4, -0.2) is 11.4 Å². The van der Waals surface area contributed by atoms with Crippen molar-refractivity contribution in [2.45, 2.75) is 52.4 Å². The molecule has 7 aromatic rings. The molecule has 0 spiro atoms. The van der Waals surface area contributed by atoms with Crippen LogP contribution < -0.4 is 20.5 Å². The summed E-state index contributed by atoms with van der Waals surface area (Å²) in [5.41, 5.74) is 14.2. The molecule has 10 rings (SSSR count). The maximum atomic E-state index is 6.66. The molecule has 3 aliphatic rings. The summed E-state index contributed by atoms with van der Waals surface area (Å²) >= 11 is 0. The normalized spacial score (nSPS) is 14.4. The van der Waals surface area contributed by atoms with Crippen molar-refractivity contribution < 1.29 is 4.74 Å². The van der Waals surface area contributed by atoms with E-state index in [1.165, 1.54) is 71.4 Å². The second kappa shape index (κ2) is 8.44. The van der Waals surface area contributed by atoms with Crippen LogP contribution in [0.1, 0.15) is 52.7 Å². The molecule has 46 heavy (non-hydrogen) atoms. The van der Waals surface area contributed by atoms with Crippen LogP contribution in [0.25, 0.3) is 49.4 Å². The first kappa shape index (κ1) is 26.3. The lowest BCUT2D eigenvalue weighted by Gasteiger charge is -2.45. The van der Waals surface area contributed by atoms with Crippen molar-refractivity contribution in [1.82, 2.24) is 4.57 Å². The Morgan fingerprint density at radius 1 is 0.609 bits per heavy atom. The van der Waals surface area contributed by atoms with E-state index in [1.807, 2.05) is 0 Å². The van der Waals surface area contributed by atoms with Crippen molar-refractivity contribution in [3.05, 3.63) is 114 Å². The van der Waals surface area contributed by atoms with Crippen LogP contribution in [0.5, 0.6) is 11.5 Å². The molecule has 0 N–H and O–H groups in total. The van der Waals surface area contributed by atoms with Crippen molar-refractivity contribution >= 4 is 61.7 Å². The van der Waals surface area contributed by atoms with Gasteiger partial charge in [0.15, 0.2) is 5.75 Å². The lowest BCUT2D eigenvalue weighted by Crippen LogP contribution is -2.61. The van der Waals surface area contributed by atoms with Crippen molar-refractivity contribution in [1.29, 1.82) is 0 Å². The molecular formula is C42H35BN2O. The molecule has 0 amide bonds. The number of anilines is 2. The molecule has 0 fully saturated rings. The summed E-state index contributed by atoms with van der Waals surface area (Å²) in [5, 5.41) is 5.21. The molecule has 0 saturated carbocycles. The fraction of sp³-hybridized carbons (Fsp3) is 0.190. The van der Waals surface area contributed by atoms with Gasteiger partial charge in [-0.05, 0) is 91.7 Å². The fourth-order valence-corrected chi connectivity index (χ4v) is 8.37. The SMILES string of the molecule is CC(C)(C)c1ccc2c(c1)c1cc(C(C)(C)C)cc3c1n2-c1cc2ccccc2c2c1B3N1c3ccccc3Oc3cccc-2c31. The maximum Gasteiger partial charge on any atom is 0.333 e. The highest BCUT2D eigenvalue weighted by atomic mass is 16.5. The van der Waals surface area contributed by atoms with Crippen LogP contribution in [0.15, 0.2) is 103 Å². The van der Waals surface area contributed by atoms with Crippen molar-refractivity contribution in [3.63, 3.8) is 0 Å². The number of rotatable bonds is 0. The first-order valence-corrected chi connectivity index (χ1v) is 16.5. The van der Waals surface area contributed by atoms with E-state index in [4.69, 9.17) is 4.74 Å². The highest BCUT2D eigenvalue weighted by Gasteiger charge is 2.47. The van der Waals surface area contributed by atoms with E-state index >= 15 is 0 Å². The third kappa shape index (κ3) is 3.24. The Morgan fingerprint density at radius 2 is 1.35 bits per heavy atom. The van der Waals surface area contributed by atoms with Gasteiger partial charge in [-0.15, -0.1) is 0 Å². The molecule has 0 aliphatic carbocycles. The lowest BCUT2D eigenvalue weighted by molar-refractivity contribution is 0.478. The zero-order chi connectivity index (χ0) is 31.3. The van der Waals surface area contributed by atoms with E-state index in [9.17, 15) is 0 Å². The lowest BCUT2D eigenvalue weighted by atomic mass is 9.43. The van der Waals surface area contributed by atoms with Gasteiger partial charge in [-0.1, -0.05) is 102 Å². The van der Waals surface area contributed by atoms with Gasteiger partial charge in [0.2, 0.25) is 0 Å². The summed E-state index contributed by atoms with van der Waals surface area (Å²) in [4.78, 5) is 2.59. The van der Waals surface area contributed by atoms with Gasteiger partial charge >= 0.3 is 6.85 Å². The van der Waals surface area contributed by atoms with Crippen LogP contribution in [0.3, 0.4) is 0 Å². The third-order valence-corrected chi connectivity index (χ3v) is 10.6. The topological polar surface area (TPSA) is 17.4 Å². The van der Waals surface area contributed by atoms with E-state index in [2.05, 4.69) is 154 Å². The van der Waals surface area contributed by atoms with Crippen molar-refractivity contribution in [2.24, 2.45) is 0 Å². The summed E-state index contributed by atoms with van der Waals surface area (Å²) in [6, 6.07) is 38.7. The molecule has 0 radical (unpaired) electrons. The second-order valence-corrected chi connectivity index (χ2v) is 15.4. The van der Waals surface area contributed by atoms with E-state index < -0.39 is 0 Å². The van der Waals surface area contributed by atoms with Crippen molar-refractivity contribution in [2.75, 3.05) is 4.81 Å². The summed E-state index contributed by atoms with van der Waals surface area (Å²) in [7, 11) is 0. The highest BCUT2D eigenvalue weighted by Crippen LogP contribution is 2.55. The maximum absolute atomic E-state index is 6.66. The zero-order valence-corrected chi connectivity index (χ0v) is 27.2. The summed E-state index contributed by atoms with van der Waals surface area (Å²) < 4.78 is 9.24. The molecule has 3 nitrogen and oxygen atoms in total. The zero-order valence-electron chi connectivity index (χ0n) is 27.2. The minimum Gasteiger partial charge on any atom is -0.453 e. The molecular weight excluding hydrogens is 559 g/mol. The molecule has 0 bridgehead atoms. The van der Waals surface area contributed by atoms with Gasteiger partial charge < -0.3 is 14.1 Å². The molecule has 0 unspecified atom stereocenters. The fourth-order valence-electron chi connectivity index (χ4n) is 8.37. The highest BCUT2D eigenvalue weighted by molar-refractivity contribution is 6.94. The average molecular weight is 595 g/mol. The van der Waals surface area contributed by atoms with Gasteiger partial charge in [0.1, 0.15) is 5.75 Å². The van der Waals surface area contributed by atoms with Gasteiger partial charge in [-0.25, -0.2) is 0 Å². The van der Waals surface area contributed by atoms with Gasteiger partial charge in [0.05, 0.1) is 22.4 Å². The largest absolute Gasteiger partial charge is 0.453 e. The molecule has 4 heteroatoms. The second-order valence-electron chi connectivity index (χ2n) is 15.4. The third-order valence-electron chi connectivity index (χ3n) is 10.6. The van der Waals surface area contributed by atoms with Gasteiger partial charge in [0.25, 0.3) is 0 Å². The molecule has 6 aromatic carbocycles. The average Bonchev–Trinajstić information content (AvgIpc) is 3.37. The number of hydrogen-bond acceptors (Lipinski definition) is 2. The minimum absolute atomic E-state index is 0.0167. The van der Waals surface area contributed by atoms with E-state index in [-0.39, 0.29) is 17.7 Å². The smallest absolute Gasteiger partial charge is 0.333 e. The summed E-state index contributed by atoms with van der Waals surface area (Å²) in [6.07, 6.45) is 0. The molecule has 222 valence electrons. The Morgan fingerprint density at radius 3 is 2.17 bits per heavy atom. The number of hydrogen-bond donors (Lipinski definition) is 0. The van der Waals surface area contributed by atoms with E-state index in [1.54, 1.807) is 0 Å². The number of para-hydroxylation sites is 3. The predicted molar refractivity (Wildman–Crippen MR) is 195 cm³/mol. The van der Waals surface area contributed by atoms with Crippen molar-refractivity contribution in [3.8, 4) is 28.3 Å². The number of fused-ring (bicyclic) bond motifs is 11. The van der Waals surface area contributed by atoms with E-state index in [0.29, 0.717) is 0 Å². The molecule has 4 heterocycles. The molecule has 0 saturated heterocycles. The first-order valence-electron chi connectivity index (χ1n) is 16.5. The number of aromatic nitrogens is 1. The quantitative estimate of drug-likeness (QED) is 0.163. The Labute approximate surface area is 270 Å².